The molecular weight excluding hydrogens is 376 g/mol. The maximum Gasteiger partial charge on any atom is 0.273 e. The molecule has 2 amide bonds. The van der Waals surface area contributed by atoms with E-state index >= 15 is 0 Å². The standard InChI is InChI=1S/C20H26N4O5/c1-5-13(3)21-19(25)17-12-29-18(22-17)11-23(14(4)6-2)20(26)15-7-9-16(10-8-15)24(27)28/h7-10,12-14H,5-6,11H2,1-4H3,(H,21,25)/t13-,14-/m1/s1. The Morgan fingerprint density at radius 2 is 1.86 bits per heavy atom. The van der Waals surface area contributed by atoms with E-state index < -0.39 is 4.92 Å². The first-order chi connectivity index (χ1) is 13.8. The van der Waals surface area contributed by atoms with Crippen LogP contribution in [-0.4, -0.2) is 38.7 Å². The lowest BCUT2D eigenvalue weighted by atomic mass is 10.1. The van der Waals surface area contributed by atoms with Gasteiger partial charge in [0.25, 0.3) is 17.5 Å². The predicted molar refractivity (Wildman–Crippen MR) is 106 cm³/mol. The van der Waals surface area contributed by atoms with E-state index in [0.717, 1.165) is 6.42 Å². The summed E-state index contributed by atoms with van der Waals surface area (Å²) in [6.07, 6.45) is 2.76. The third-order valence-corrected chi connectivity index (χ3v) is 4.79. The van der Waals surface area contributed by atoms with Crippen LogP contribution in [0.2, 0.25) is 0 Å². The van der Waals surface area contributed by atoms with Gasteiger partial charge in [-0.05, 0) is 38.8 Å². The van der Waals surface area contributed by atoms with E-state index in [4.69, 9.17) is 4.42 Å². The average Bonchev–Trinajstić information content (AvgIpc) is 3.19. The third kappa shape index (κ3) is 5.63. The van der Waals surface area contributed by atoms with Crippen molar-refractivity contribution in [3.05, 3.63) is 57.8 Å². The van der Waals surface area contributed by atoms with E-state index in [9.17, 15) is 19.7 Å². The van der Waals surface area contributed by atoms with Crippen molar-refractivity contribution in [1.29, 1.82) is 0 Å². The van der Waals surface area contributed by atoms with Crippen LogP contribution in [0.25, 0.3) is 0 Å². The topological polar surface area (TPSA) is 119 Å². The largest absolute Gasteiger partial charge is 0.446 e. The van der Waals surface area contributed by atoms with Crippen LogP contribution in [0.15, 0.2) is 34.9 Å². The van der Waals surface area contributed by atoms with Crippen molar-refractivity contribution < 1.29 is 18.9 Å². The van der Waals surface area contributed by atoms with Crippen LogP contribution in [0.4, 0.5) is 5.69 Å². The number of aromatic nitrogens is 1. The van der Waals surface area contributed by atoms with E-state index in [0.29, 0.717) is 12.0 Å². The minimum absolute atomic E-state index is 0.0166. The van der Waals surface area contributed by atoms with Gasteiger partial charge in [-0.25, -0.2) is 4.98 Å². The SMILES string of the molecule is CC[C@@H](C)NC(=O)c1coc(CN(C(=O)c2ccc([N+](=O)[O-])cc2)[C@H](C)CC)n1. The fraction of sp³-hybridized carbons (Fsp3) is 0.450. The Labute approximate surface area is 169 Å². The number of benzene rings is 1. The normalized spacial score (nSPS) is 12.8. The number of nitro benzene ring substituents is 1. The molecule has 0 aliphatic rings. The van der Waals surface area contributed by atoms with Gasteiger partial charge >= 0.3 is 0 Å². The van der Waals surface area contributed by atoms with Gasteiger partial charge in [-0.1, -0.05) is 13.8 Å². The molecule has 1 aromatic carbocycles. The first kappa shape index (κ1) is 22.1. The van der Waals surface area contributed by atoms with Crippen molar-refractivity contribution in [3.8, 4) is 0 Å². The van der Waals surface area contributed by atoms with E-state index in [1.54, 1.807) is 4.90 Å². The van der Waals surface area contributed by atoms with Gasteiger partial charge in [0.2, 0.25) is 5.89 Å². The minimum Gasteiger partial charge on any atom is -0.446 e. The molecule has 9 heteroatoms. The molecule has 0 unspecified atom stereocenters. The van der Waals surface area contributed by atoms with Crippen LogP contribution in [0, 0.1) is 10.1 Å². The number of nitro groups is 1. The lowest BCUT2D eigenvalue weighted by Crippen LogP contribution is -2.38. The fourth-order valence-corrected chi connectivity index (χ4v) is 2.57. The summed E-state index contributed by atoms with van der Waals surface area (Å²) >= 11 is 0. The molecule has 0 fully saturated rings. The van der Waals surface area contributed by atoms with Gasteiger partial charge in [-0.2, -0.15) is 0 Å². The van der Waals surface area contributed by atoms with Crippen molar-refractivity contribution in [3.63, 3.8) is 0 Å². The van der Waals surface area contributed by atoms with Gasteiger partial charge in [0.15, 0.2) is 5.69 Å². The molecule has 2 rings (SSSR count). The quantitative estimate of drug-likeness (QED) is 0.506. The van der Waals surface area contributed by atoms with E-state index in [1.165, 1.54) is 30.5 Å². The zero-order chi connectivity index (χ0) is 21.6. The number of nitrogens with zero attached hydrogens (tertiary/aromatic N) is 3. The molecule has 1 N–H and O–H groups in total. The summed E-state index contributed by atoms with van der Waals surface area (Å²) < 4.78 is 5.41. The summed E-state index contributed by atoms with van der Waals surface area (Å²) in [5.41, 5.74) is 0.408. The van der Waals surface area contributed by atoms with E-state index in [1.807, 2.05) is 27.7 Å². The lowest BCUT2D eigenvalue weighted by Gasteiger charge is -2.27. The number of non-ortho nitro benzene ring substituents is 1. The smallest absolute Gasteiger partial charge is 0.273 e. The molecule has 1 heterocycles. The molecule has 156 valence electrons. The van der Waals surface area contributed by atoms with Crippen LogP contribution in [0.3, 0.4) is 0 Å². The van der Waals surface area contributed by atoms with E-state index in [2.05, 4.69) is 10.3 Å². The second-order valence-electron chi connectivity index (χ2n) is 6.90. The number of hydrogen-bond acceptors (Lipinski definition) is 6. The molecule has 0 saturated heterocycles. The number of rotatable bonds is 9. The molecule has 1 aromatic heterocycles. The van der Waals surface area contributed by atoms with Crippen molar-refractivity contribution in [2.45, 2.75) is 59.2 Å². The number of oxazole rings is 1. The molecular formula is C20H26N4O5. The van der Waals surface area contributed by atoms with Crippen molar-refractivity contribution in [2.24, 2.45) is 0 Å². The molecule has 0 saturated carbocycles. The first-order valence-electron chi connectivity index (χ1n) is 9.57. The molecule has 29 heavy (non-hydrogen) atoms. The Morgan fingerprint density at radius 1 is 1.21 bits per heavy atom. The van der Waals surface area contributed by atoms with Gasteiger partial charge in [0.1, 0.15) is 6.26 Å². The Bertz CT molecular complexity index is 862. The number of carbonyl (C=O) groups is 2. The Balaban J connectivity index is 2.18. The van der Waals surface area contributed by atoms with Gasteiger partial charge in [0, 0.05) is 29.8 Å². The highest BCUT2D eigenvalue weighted by molar-refractivity contribution is 5.94. The minimum atomic E-state index is -0.514. The summed E-state index contributed by atoms with van der Waals surface area (Å²) in [6.45, 7) is 7.78. The Morgan fingerprint density at radius 3 is 2.41 bits per heavy atom. The molecule has 2 aromatic rings. The van der Waals surface area contributed by atoms with Crippen LogP contribution in [0.1, 0.15) is 67.3 Å². The second-order valence-corrected chi connectivity index (χ2v) is 6.90. The summed E-state index contributed by atoms with van der Waals surface area (Å²) in [6, 6.07) is 5.34. The highest BCUT2D eigenvalue weighted by atomic mass is 16.6. The van der Waals surface area contributed by atoms with Crippen molar-refractivity contribution >= 4 is 17.5 Å². The molecule has 9 nitrogen and oxygen atoms in total. The zero-order valence-electron chi connectivity index (χ0n) is 17.0. The molecule has 0 bridgehead atoms. The highest BCUT2D eigenvalue weighted by Crippen LogP contribution is 2.18. The van der Waals surface area contributed by atoms with Crippen LogP contribution in [0.5, 0.6) is 0 Å². The van der Waals surface area contributed by atoms with Gasteiger partial charge in [-0.15, -0.1) is 0 Å². The maximum atomic E-state index is 13.0. The molecule has 0 aliphatic heterocycles. The number of amides is 2. The number of carbonyl (C=O) groups excluding carboxylic acids is 2. The summed E-state index contributed by atoms with van der Waals surface area (Å²) in [7, 11) is 0. The summed E-state index contributed by atoms with van der Waals surface area (Å²) in [4.78, 5) is 41.2. The van der Waals surface area contributed by atoms with Crippen LogP contribution in [-0.2, 0) is 6.54 Å². The average molecular weight is 402 g/mol. The second kappa shape index (κ2) is 9.81. The van der Waals surface area contributed by atoms with Crippen LogP contribution < -0.4 is 5.32 Å². The Kier molecular flexibility index (Phi) is 7.46. The predicted octanol–water partition coefficient (Wildman–Crippen LogP) is 3.55. The molecule has 0 aliphatic carbocycles. The van der Waals surface area contributed by atoms with Crippen molar-refractivity contribution in [2.75, 3.05) is 0 Å². The lowest BCUT2D eigenvalue weighted by molar-refractivity contribution is -0.384. The Hall–Kier alpha value is -3.23. The van der Waals surface area contributed by atoms with Crippen molar-refractivity contribution in [1.82, 2.24) is 15.2 Å². The monoisotopic (exact) mass is 402 g/mol. The number of nitrogens with one attached hydrogen (secondary N) is 1. The van der Waals surface area contributed by atoms with E-state index in [-0.39, 0.29) is 47.7 Å². The third-order valence-electron chi connectivity index (χ3n) is 4.79. The van der Waals surface area contributed by atoms with Crippen LogP contribution >= 0.6 is 0 Å². The van der Waals surface area contributed by atoms with Gasteiger partial charge < -0.3 is 14.6 Å². The zero-order valence-corrected chi connectivity index (χ0v) is 17.0. The first-order valence-corrected chi connectivity index (χ1v) is 9.57. The molecule has 0 radical (unpaired) electrons. The van der Waals surface area contributed by atoms with Gasteiger partial charge in [-0.3, -0.25) is 19.7 Å². The summed E-state index contributed by atoms with van der Waals surface area (Å²) in [5, 5.41) is 13.6. The molecule has 2 atom stereocenters. The fourth-order valence-electron chi connectivity index (χ4n) is 2.57. The maximum absolute atomic E-state index is 13.0. The highest BCUT2D eigenvalue weighted by Gasteiger charge is 2.24. The number of hydrogen-bond donors (Lipinski definition) is 1. The molecule has 0 spiro atoms. The van der Waals surface area contributed by atoms with Gasteiger partial charge in [0.05, 0.1) is 11.5 Å². The summed E-state index contributed by atoms with van der Waals surface area (Å²) in [5.74, 6) is -0.376.